The van der Waals surface area contributed by atoms with Gasteiger partial charge < -0.3 is 15.0 Å². The summed E-state index contributed by atoms with van der Waals surface area (Å²) >= 11 is 1.62. The second-order valence-electron chi connectivity index (χ2n) is 5.15. The van der Waals surface area contributed by atoms with Gasteiger partial charge in [0, 0.05) is 26.4 Å². The lowest BCUT2D eigenvalue weighted by Gasteiger charge is -2.15. The van der Waals surface area contributed by atoms with E-state index in [0.29, 0.717) is 13.0 Å². The van der Waals surface area contributed by atoms with E-state index in [-0.39, 0.29) is 29.6 Å². The topological polar surface area (TPSA) is 71.3 Å². The molecule has 0 unspecified atom stereocenters. The summed E-state index contributed by atoms with van der Waals surface area (Å²) in [6.07, 6.45) is 3.02. The Kier molecular flexibility index (Phi) is 5.91. The van der Waals surface area contributed by atoms with Crippen molar-refractivity contribution in [2.75, 3.05) is 13.2 Å². The van der Waals surface area contributed by atoms with Crippen LogP contribution in [0, 0.1) is 0 Å². The number of aliphatic hydroxyl groups excluding tert-OH is 1. The van der Waals surface area contributed by atoms with Gasteiger partial charge in [-0.3, -0.25) is 9.59 Å². The van der Waals surface area contributed by atoms with Crippen LogP contribution in [0.4, 0.5) is 0 Å². The molecule has 5 nitrogen and oxygen atoms in total. The van der Waals surface area contributed by atoms with Gasteiger partial charge in [-0.2, -0.15) is 11.3 Å². The van der Waals surface area contributed by atoms with Crippen molar-refractivity contribution < 1.29 is 9.90 Å². The number of hydrogen-bond acceptors (Lipinski definition) is 4. The second kappa shape index (κ2) is 7.91. The Hall–Kier alpha value is -1.92. The molecule has 0 fully saturated rings. The summed E-state index contributed by atoms with van der Waals surface area (Å²) in [5.41, 5.74) is 1.04. The van der Waals surface area contributed by atoms with Crippen molar-refractivity contribution >= 4 is 17.2 Å². The fourth-order valence-corrected chi connectivity index (χ4v) is 3.11. The van der Waals surface area contributed by atoms with Gasteiger partial charge in [0.05, 0.1) is 0 Å². The number of rotatable bonds is 7. The minimum Gasteiger partial charge on any atom is -0.396 e. The molecular weight excluding hydrogens is 300 g/mol. The highest BCUT2D eigenvalue weighted by molar-refractivity contribution is 7.07. The molecule has 6 heteroatoms. The first kappa shape index (κ1) is 16.5. The summed E-state index contributed by atoms with van der Waals surface area (Å²) in [4.78, 5) is 23.9. The molecule has 1 amide bonds. The predicted octanol–water partition coefficient (Wildman–Crippen LogP) is 1.73. The molecular formula is C16H20N2O3S. The molecule has 2 heterocycles. The molecule has 2 rings (SSSR count). The number of aryl methyl sites for hydroxylation is 1. The van der Waals surface area contributed by atoms with Gasteiger partial charge >= 0.3 is 0 Å². The maximum absolute atomic E-state index is 12.1. The van der Waals surface area contributed by atoms with Gasteiger partial charge in [0.2, 0.25) is 0 Å². The molecule has 2 aromatic rings. The molecule has 1 atom stereocenters. The van der Waals surface area contributed by atoms with Crippen molar-refractivity contribution in [2.24, 2.45) is 7.05 Å². The lowest BCUT2D eigenvalue weighted by Crippen LogP contribution is -2.32. The number of pyridine rings is 1. The van der Waals surface area contributed by atoms with Crippen LogP contribution in [-0.4, -0.2) is 28.7 Å². The van der Waals surface area contributed by atoms with Crippen molar-refractivity contribution in [1.82, 2.24) is 9.88 Å². The van der Waals surface area contributed by atoms with Crippen LogP contribution in [0.25, 0.3) is 0 Å². The van der Waals surface area contributed by atoms with Gasteiger partial charge in [-0.25, -0.2) is 0 Å². The van der Waals surface area contributed by atoms with E-state index in [2.05, 4.69) is 10.7 Å². The van der Waals surface area contributed by atoms with E-state index in [1.54, 1.807) is 30.6 Å². The zero-order valence-electron chi connectivity index (χ0n) is 12.5. The van der Waals surface area contributed by atoms with Gasteiger partial charge in [-0.1, -0.05) is 0 Å². The van der Waals surface area contributed by atoms with E-state index in [1.165, 1.54) is 16.2 Å². The fourth-order valence-electron chi connectivity index (χ4n) is 2.37. The summed E-state index contributed by atoms with van der Waals surface area (Å²) in [5, 5.41) is 16.0. The monoisotopic (exact) mass is 320 g/mol. The maximum atomic E-state index is 12.1. The van der Waals surface area contributed by atoms with E-state index in [4.69, 9.17) is 5.11 Å². The van der Waals surface area contributed by atoms with Gasteiger partial charge in [-0.15, -0.1) is 0 Å². The van der Waals surface area contributed by atoms with Crippen molar-refractivity contribution in [3.8, 4) is 0 Å². The lowest BCUT2D eigenvalue weighted by atomic mass is 9.95. The SMILES string of the molecule is Cn1cccc(C(=O)NCC[C@H](CCO)c2ccsc2)c1=O. The fraction of sp³-hybridized carbons (Fsp3) is 0.375. The first-order chi connectivity index (χ1) is 10.6. The van der Waals surface area contributed by atoms with Crippen LogP contribution >= 0.6 is 11.3 Å². The van der Waals surface area contributed by atoms with Gasteiger partial charge in [0.15, 0.2) is 0 Å². The van der Waals surface area contributed by atoms with Crippen LogP contribution in [0.5, 0.6) is 0 Å². The van der Waals surface area contributed by atoms with Crippen LogP contribution in [0.2, 0.25) is 0 Å². The summed E-state index contributed by atoms with van der Waals surface area (Å²) in [6.45, 7) is 0.588. The standard InChI is InChI=1S/C16H20N2O3S/c1-18-8-2-3-14(16(18)21)15(20)17-7-4-12(5-9-19)13-6-10-22-11-13/h2-3,6,8,10-12,19H,4-5,7,9H2,1H3,(H,17,20)/t12-/m1/s1. The predicted molar refractivity (Wildman–Crippen MR) is 87.4 cm³/mol. The van der Waals surface area contributed by atoms with Gasteiger partial charge in [-0.05, 0) is 53.3 Å². The highest BCUT2D eigenvalue weighted by Crippen LogP contribution is 2.24. The largest absolute Gasteiger partial charge is 0.396 e. The van der Waals surface area contributed by atoms with Crippen molar-refractivity contribution in [1.29, 1.82) is 0 Å². The van der Waals surface area contributed by atoms with Gasteiger partial charge in [0.1, 0.15) is 5.56 Å². The van der Waals surface area contributed by atoms with Crippen molar-refractivity contribution in [3.63, 3.8) is 0 Å². The third-order valence-corrected chi connectivity index (χ3v) is 4.34. The molecule has 0 aliphatic heterocycles. The minimum atomic E-state index is -0.353. The number of hydrogen-bond donors (Lipinski definition) is 2. The molecule has 2 N–H and O–H groups in total. The molecule has 0 saturated heterocycles. The molecule has 0 aromatic carbocycles. The molecule has 118 valence electrons. The lowest BCUT2D eigenvalue weighted by molar-refractivity contribution is 0.0950. The molecule has 0 aliphatic rings. The quantitative estimate of drug-likeness (QED) is 0.816. The zero-order valence-corrected chi connectivity index (χ0v) is 13.3. The average Bonchev–Trinajstić information content (AvgIpc) is 3.03. The molecule has 0 saturated carbocycles. The number of carbonyl (C=O) groups is 1. The van der Waals surface area contributed by atoms with Crippen LogP contribution in [0.1, 0.15) is 34.7 Å². The van der Waals surface area contributed by atoms with Crippen molar-refractivity contribution in [3.05, 3.63) is 56.6 Å². The van der Waals surface area contributed by atoms with Crippen LogP contribution in [0.15, 0.2) is 40.0 Å². The number of aliphatic hydroxyl groups is 1. The Morgan fingerprint density at radius 2 is 2.23 bits per heavy atom. The normalized spacial score (nSPS) is 12.1. The van der Waals surface area contributed by atoms with E-state index in [0.717, 1.165) is 6.42 Å². The number of nitrogens with one attached hydrogen (secondary N) is 1. The highest BCUT2D eigenvalue weighted by atomic mass is 32.1. The van der Waals surface area contributed by atoms with E-state index < -0.39 is 0 Å². The molecule has 0 spiro atoms. The number of nitrogens with zero attached hydrogens (tertiary/aromatic N) is 1. The number of carbonyl (C=O) groups excluding carboxylic acids is 1. The number of thiophene rings is 1. The summed E-state index contributed by atoms with van der Waals surface area (Å²) < 4.78 is 1.38. The van der Waals surface area contributed by atoms with Crippen LogP contribution in [-0.2, 0) is 7.05 Å². The maximum Gasteiger partial charge on any atom is 0.263 e. The summed E-state index contributed by atoms with van der Waals surface area (Å²) in [6, 6.07) is 5.25. The molecule has 2 aromatic heterocycles. The van der Waals surface area contributed by atoms with Crippen LogP contribution in [0.3, 0.4) is 0 Å². The van der Waals surface area contributed by atoms with Gasteiger partial charge in [0.25, 0.3) is 11.5 Å². The van der Waals surface area contributed by atoms with E-state index >= 15 is 0 Å². The average molecular weight is 320 g/mol. The molecule has 0 bridgehead atoms. The Morgan fingerprint density at radius 3 is 2.91 bits per heavy atom. The smallest absolute Gasteiger partial charge is 0.263 e. The Morgan fingerprint density at radius 1 is 1.41 bits per heavy atom. The number of aromatic nitrogens is 1. The molecule has 0 radical (unpaired) electrons. The Balaban J connectivity index is 1.93. The van der Waals surface area contributed by atoms with Crippen LogP contribution < -0.4 is 10.9 Å². The highest BCUT2D eigenvalue weighted by Gasteiger charge is 2.14. The first-order valence-electron chi connectivity index (χ1n) is 7.20. The second-order valence-corrected chi connectivity index (χ2v) is 5.93. The zero-order chi connectivity index (χ0) is 15.9. The van der Waals surface area contributed by atoms with Crippen molar-refractivity contribution in [2.45, 2.75) is 18.8 Å². The Bertz CT molecular complexity index is 664. The minimum absolute atomic E-state index is 0.119. The third-order valence-electron chi connectivity index (χ3n) is 3.64. The number of amides is 1. The van der Waals surface area contributed by atoms with E-state index in [1.807, 2.05) is 11.4 Å². The Labute approximate surface area is 133 Å². The van der Waals surface area contributed by atoms with E-state index in [9.17, 15) is 9.59 Å². The molecule has 22 heavy (non-hydrogen) atoms. The summed E-state index contributed by atoms with van der Waals surface area (Å²) in [5.74, 6) is -0.135. The molecule has 0 aliphatic carbocycles. The third kappa shape index (κ3) is 4.05. The first-order valence-corrected chi connectivity index (χ1v) is 8.14. The summed E-state index contributed by atoms with van der Waals surface area (Å²) in [7, 11) is 1.62.